The molecule has 0 saturated heterocycles. The Balaban J connectivity index is 2.11. The molecular formula is C24H29N3. The Labute approximate surface area is 162 Å². The lowest BCUT2D eigenvalue weighted by Crippen LogP contribution is -2.14. The summed E-state index contributed by atoms with van der Waals surface area (Å²) in [5, 5.41) is 0. The molecule has 0 spiro atoms. The van der Waals surface area contributed by atoms with Crippen molar-refractivity contribution in [2.75, 3.05) is 5.73 Å². The van der Waals surface area contributed by atoms with E-state index in [4.69, 9.17) is 15.7 Å². The highest BCUT2D eigenvalue weighted by Gasteiger charge is 2.19. The maximum Gasteiger partial charge on any atom is 0.0726 e. The molecule has 0 fully saturated rings. The second kappa shape index (κ2) is 6.80. The van der Waals surface area contributed by atoms with Gasteiger partial charge >= 0.3 is 0 Å². The number of benzene rings is 1. The van der Waals surface area contributed by atoms with Gasteiger partial charge in [-0.25, -0.2) is 0 Å². The molecule has 0 aliphatic rings. The summed E-state index contributed by atoms with van der Waals surface area (Å²) in [6.45, 7) is 13.0. The molecule has 140 valence electrons. The quantitative estimate of drug-likeness (QED) is 0.572. The molecule has 0 atom stereocenters. The molecular weight excluding hydrogens is 330 g/mol. The van der Waals surface area contributed by atoms with Crippen LogP contribution in [-0.4, -0.2) is 9.97 Å². The number of hydrogen-bond acceptors (Lipinski definition) is 3. The van der Waals surface area contributed by atoms with Crippen LogP contribution in [0.5, 0.6) is 0 Å². The number of para-hydroxylation sites is 1. The molecule has 3 aromatic rings. The third kappa shape index (κ3) is 4.02. The number of nitrogens with two attached hydrogens (primary N) is 1. The Morgan fingerprint density at radius 2 is 0.963 bits per heavy atom. The molecule has 0 radical (unpaired) electrons. The number of anilines is 1. The lowest BCUT2D eigenvalue weighted by molar-refractivity contribution is 0.569. The van der Waals surface area contributed by atoms with Gasteiger partial charge in [-0.3, -0.25) is 9.97 Å². The lowest BCUT2D eigenvalue weighted by Gasteiger charge is -2.20. The fourth-order valence-electron chi connectivity index (χ4n) is 3.02. The molecule has 2 heterocycles. The van der Waals surface area contributed by atoms with E-state index in [1.54, 1.807) is 0 Å². The first kappa shape index (κ1) is 19.1. The summed E-state index contributed by atoms with van der Waals surface area (Å²) in [4.78, 5) is 9.73. The molecule has 27 heavy (non-hydrogen) atoms. The average Bonchev–Trinajstić information content (AvgIpc) is 2.61. The van der Waals surface area contributed by atoms with Crippen molar-refractivity contribution in [3.63, 3.8) is 0 Å². The second-order valence-electron chi connectivity index (χ2n) is 9.08. The first-order chi connectivity index (χ1) is 12.6. The fourth-order valence-corrected chi connectivity index (χ4v) is 3.02. The van der Waals surface area contributed by atoms with Crippen LogP contribution in [-0.2, 0) is 10.8 Å². The van der Waals surface area contributed by atoms with E-state index < -0.39 is 0 Å². The standard InChI is InChI=1S/C24H29N3/c1-23(2,3)20-14-8-12-18(26-20)16-10-7-11-17(22(16)25)19-13-9-15-21(27-19)24(4,5)6/h7-15H,25H2,1-6H3. The monoisotopic (exact) mass is 359 g/mol. The molecule has 0 unspecified atom stereocenters. The second-order valence-corrected chi connectivity index (χ2v) is 9.08. The molecule has 3 nitrogen and oxygen atoms in total. The van der Waals surface area contributed by atoms with Gasteiger partial charge < -0.3 is 5.73 Å². The van der Waals surface area contributed by atoms with E-state index in [0.717, 1.165) is 39.6 Å². The summed E-state index contributed by atoms with van der Waals surface area (Å²) in [5.41, 5.74) is 13.1. The van der Waals surface area contributed by atoms with Gasteiger partial charge in [0.05, 0.1) is 17.1 Å². The zero-order valence-electron chi connectivity index (χ0n) is 17.2. The van der Waals surface area contributed by atoms with E-state index in [0.29, 0.717) is 0 Å². The molecule has 2 aromatic heterocycles. The number of hydrogen-bond donors (Lipinski definition) is 1. The van der Waals surface area contributed by atoms with E-state index >= 15 is 0 Å². The van der Waals surface area contributed by atoms with Crippen molar-refractivity contribution in [2.24, 2.45) is 0 Å². The van der Waals surface area contributed by atoms with Crippen molar-refractivity contribution in [1.82, 2.24) is 9.97 Å². The predicted molar refractivity (Wildman–Crippen MR) is 115 cm³/mol. The Morgan fingerprint density at radius 3 is 1.33 bits per heavy atom. The van der Waals surface area contributed by atoms with Crippen LogP contribution in [0.2, 0.25) is 0 Å². The molecule has 0 saturated carbocycles. The van der Waals surface area contributed by atoms with Gasteiger partial charge in [-0.2, -0.15) is 0 Å². The summed E-state index contributed by atoms with van der Waals surface area (Å²) < 4.78 is 0. The molecule has 3 rings (SSSR count). The number of aromatic nitrogens is 2. The number of nitrogens with zero attached hydrogens (tertiary/aromatic N) is 2. The Kier molecular flexibility index (Phi) is 4.81. The van der Waals surface area contributed by atoms with Gasteiger partial charge in [0, 0.05) is 33.3 Å². The van der Waals surface area contributed by atoms with E-state index in [1.807, 2.05) is 42.5 Å². The zero-order valence-corrected chi connectivity index (χ0v) is 17.2. The molecule has 0 amide bonds. The summed E-state index contributed by atoms with van der Waals surface area (Å²) in [6.07, 6.45) is 0. The van der Waals surface area contributed by atoms with Crippen molar-refractivity contribution in [1.29, 1.82) is 0 Å². The SMILES string of the molecule is CC(C)(C)c1cccc(-c2cccc(-c3cccc(C(C)(C)C)n3)c2N)n1. The minimum atomic E-state index is -0.00895. The summed E-state index contributed by atoms with van der Waals surface area (Å²) in [5.74, 6) is 0. The Bertz CT molecular complexity index is 884. The molecule has 3 heteroatoms. The van der Waals surface area contributed by atoms with Crippen LogP contribution in [0.3, 0.4) is 0 Å². The molecule has 0 bridgehead atoms. The summed E-state index contributed by atoms with van der Waals surface area (Å²) in [7, 11) is 0. The Hall–Kier alpha value is -2.68. The highest BCUT2D eigenvalue weighted by atomic mass is 14.8. The van der Waals surface area contributed by atoms with Gasteiger partial charge in [0.15, 0.2) is 0 Å². The van der Waals surface area contributed by atoms with Crippen molar-refractivity contribution >= 4 is 5.69 Å². The largest absolute Gasteiger partial charge is 0.398 e. The average molecular weight is 360 g/mol. The van der Waals surface area contributed by atoms with Crippen molar-refractivity contribution in [3.8, 4) is 22.5 Å². The topological polar surface area (TPSA) is 51.8 Å². The van der Waals surface area contributed by atoms with E-state index in [9.17, 15) is 0 Å². The third-order valence-electron chi connectivity index (χ3n) is 4.69. The molecule has 1 aromatic carbocycles. The predicted octanol–water partition coefficient (Wildman–Crippen LogP) is 5.99. The number of nitrogen functional groups attached to an aromatic ring is 1. The first-order valence-electron chi connectivity index (χ1n) is 9.42. The minimum Gasteiger partial charge on any atom is -0.398 e. The number of pyridine rings is 2. The van der Waals surface area contributed by atoms with Crippen LogP contribution in [0.4, 0.5) is 5.69 Å². The first-order valence-corrected chi connectivity index (χ1v) is 9.42. The third-order valence-corrected chi connectivity index (χ3v) is 4.69. The molecule has 0 aliphatic heterocycles. The normalized spacial score (nSPS) is 12.2. The lowest BCUT2D eigenvalue weighted by atomic mass is 9.90. The van der Waals surface area contributed by atoms with Crippen molar-refractivity contribution in [3.05, 3.63) is 66.0 Å². The van der Waals surface area contributed by atoms with Gasteiger partial charge in [-0.1, -0.05) is 71.9 Å². The van der Waals surface area contributed by atoms with E-state index in [-0.39, 0.29) is 10.8 Å². The van der Waals surface area contributed by atoms with Crippen LogP contribution < -0.4 is 5.73 Å². The Morgan fingerprint density at radius 1 is 0.593 bits per heavy atom. The fraction of sp³-hybridized carbons (Fsp3) is 0.333. The van der Waals surface area contributed by atoms with Gasteiger partial charge in [0.25, 0.3) is 0 Å². The zero-order chi connectivity index (χ0) is 19.8. The maximum atomic E-state index is 6.59. The smallest absolute Gasteiger partial charge is 0.0726 e. The number of rotatable bonds is 2. The highest BCUT2D eigenvalue weighted by Crippen LogP contribution is 2.35. The minimum absolute atomic E-state index is 0.00895. The van der Waals surface area contributed by atoms with E-state index in [2.05, 4.69) is 53.7 Å². The van der Waals surface area contributed by atoms with E-state index in [1.165, 1.54) is 0 Å². The summed E-state index contributed by atoms with van der Waals surface area (Å²) >= 11 is 0. The van der Waals surface area contributed by atoms with Crippen LogP contribution in [0.1, 0.15) is 52.9 Å². The van der Waals surface area contributed by atoms with Crippen LogP contribution >= 0.6 is 0 Å². The van der Waals surface area contributed by atoms with Gasteiger partial charge in [0.2, 0.25) is 0 Å². The van der Waals surface area contributed by atoms with Gasteiger partial charge in [-0.05, 0) is 24.3 Å². The van der Waals surface area contributed by atoms with Crippen LogP contribution in [0, 0.1) is 0 Å². The highest BCUT2D eigenvalue weighted by molar-refractivity contribution is 5.86. The summed E-state index contributed by atoms with van der Waals surface area (Å²) in [6, 6.07) is 18.4. The molecule has 2 N–H and O–H groups in total. The van der Waals surface area contributed by atoms with Gasteiger partial charge in [-0.15, -0.1) is 0 Å². The van der Waals surface area contributed by atoms with Crippen LogP contribution in [0.15, 0.2) is 54.6 Å². The van der Waals surface area contributed by atoms with Crippen LogP contribution in [0.25, 0.3) is 22.5 Å². The maximum absolute atomic E-state index is 6.59. The van der Waals surface area contributed by atoms with Crippen molar-refractivity contribution in [2.45, 2.75) is 52.4 Å². The van der Waals surface area contributed by atoms with Gasteiger partial charge in [0.1, 0.15) is 0 Å². The molecule has 0 aliphatic carbocycles. The van der Waals surface area contributed by atoms with Crippen molar-refractivity contribution < 1.29 is 0 Å².